The molecule has 0 unspecified atom stereocenters. The molecule has 21 heavy (non-hydrogen) atoms. The van der Waals surface area contributed by atoms with Gasteiger partial charge in [0.2, 0.25) is 5.91 Å². The SMILES string of the molecule is COc1ccc(CNC(=O)CSc2n[nH]c(=O)n2C)cc1. The van der Waals surface area contributed by atoms with Crippen molar-refractivity contribution in [2.75, 3.05) is 12.9 Å². The molecule has 0 aliphatic carbocycles. The van der Waals surface area contributed by atoms with Gasteiger partial charge in [0, 0.05) is 13.6 Å². The standard InChI is InChI=1S/C13H16N4O3S/c1-17-12(19)15-16-13(17)21-8-11(18)14-7-9-3-5-10(20-2)6-4-9/h3-6H,7-8H2,1-2H3,(H,14,18)(H,15,19). The van der Waals surface area contributed by atoms with E-state index in [1.165, 1.54) is 16.3 Å². The van der Waals surface area contributed by atoms with E-state index in [0.29, 0.717) is 11.7 Å². The monoisotopic (exact) mass is 308 g/mol. The Balaban J connectivity index is 1.79. The van der Waals surface area contributed by atoms with Crippen LogP contribution in [0.25, 0.3) is 0 Å². The Morgan fingerprint density at radius 2 is 2.14 bits per heavy atom. The number of carbonyl (C=O) groups is 1. The van der Waals surface area contributed by atoms with Crippen molar-refractivity contribution in [1.29, 1.82) is 0 Å². The van der Waals surface area contributed by atoms with Crippen molar-refractivity contribution < 1.29 is 9.53 Å². The molecule has 0 saturated heterocycles. The summed E-state index contributed by atoms with van der Waals surface area (Å²) in [6, 6.07) is 7.47. The van der Waals surface area contributed by atoms with Crippen LogP contribution in [0.3, 0.4) is 0 Å². The molecule has 0 atom stereocenters. The van der Waals surface area contributed by atoms with Crippen LogP contribution in [-0.2, 0) is 18.4 Å². The number of hydrogen-bond donors (Lipinski definition) is 2. The van der Waals surface area contributed by atoms with Gasteiger partial charge < -0.3 is 10.1 Å². The fourth-order valence-corrected chi connectivity index (χ4v) is 2.34. The largest absolute Gasteiger partial charge is 0.497 e. The third kappa shape index (κ3) is 4.12. The van der Waals surface area contributed by atoms with E-state index >= 15 is 0 Å². The maximum atomic E-state index is 11.7. The number of carbonyl (C=O) groups excluding carboxylic acids is 1. The molecular formula is C13H16N4O3S. The highest BCUT2D eigenvalue weighted by molar-refractivity contribution is 7.99. The normalized spacial score (nSPS) is 10.4. The Kier molecular flexibility index (Phi) is 5.04. The Hall–Kier alpha value is -2.22. The summed E-state index contributed by atoms with van der Waals surface area (Å²) in [5, 5.41) is 9.43. The summed E-state index contributed by atoms with van der Waals surface area (Å²) in [6.07, 6.45) is 0. The number of nitrogens with zero attached hydrogens (tertiary/aromatic N) is 2. The predicted molar refractivity (Wildman–Crippen MR) is 79.4 cm³/mol. The minimum absolute atomic E-state index is 0.119. The van der Waals surface area contributed by atoms with Crippen molar-refractivity contribution in [2.45, 2.75) is 11.7 Å². The van der Waals surface area contributed by atoms with Crippen molar-refractivity contribution in [3.63, 3.8) is 0 Å². The fraction of sp³-hybridized carbons (Fsp3) is 0.308. The van der Waals surface area contributed by atoms with Crippen LogP contribution in [0.1, 0.15) is 5.56 Å². The third-order valence-corrected chi connectivity index (χ3v) is 3.85. The molecule has 2 N–H and O–H groups in total. The first-order valence-electron chi connectivity index (χ1n) is 6.24. The Morgan fingerprint density at radius 1 is 1.43 bits per heavy atom. The molecule has 112 valence electrons. The maximum absolute atomic E-state index is 11.7. The fourth-order valence-electron chi connectivity index (χ4n) is 1.59. The number of H-pyrrole nitrogens is 1. The number of hydrogen-bond acceptors (Lipinski definition) is 5. The second kappa shape index (κ2) is 6.98. The van der Waals surface area contributed by atoms with E-state index < -0.39 is 0 Å². The third-order valence-electron chi connectivity index (χ3n) is 2.82. The van der Waals surface area contributed by atoms with Gasteiger partial charge in [-0.2, -0.15) is 0 Å². The summed E-state index contributed by atoms with van der Waals surface area (Å²) >= 11 is 1.21. The zero-order valence-electron chi connectivity index (χ0n) is 11.8. The van der Waals surface area contributed by atoms with Crippen LogP contribution < -0.4 is 15.7 Å². The van der Waals surface area contributed by atoms with Gasteiger partial charge in [-0.15, -0.1) is 5.10 Å². The minimum atomic E-state index is -0.295. The first-order valence-corrected chi connectivity index (χ1v) is 7.22. The Bertz CT molecular complexity index is 663. The van der Waals surface area contributed by atoms with Crippen LogP contribution >= 0.6 is 11.8 Å². The van der Waals surface area contributed by atoms with Crippen molar-refractivity contribution in [2.24, 2.45) is 7.05 Å². The molecule has 0 spiro atoms. The lowest BCUT2D eigenvalue weighted by Gasteiger charge is -2.06. The summed E-state index contributed by atoms with van der Waals surface area (Å²) in [7, 11) is 3.21. The van der Waals surface area contributed by atoms with E-state index in [4.69, 9.17) is 4.74 Å². The molecule has 0 fully saturated rings. The first kappa shape index (κ1) is 15.2. The van der Waals surface area contributed by atoms with Crippen LogP contribution in [0.4, 0.5) is 0 Å². The Labute approximate surface area is 125 Å². The first-order chi connectivity index (χ1) is 10.1. The van der Waals surface area contributed by atoms with Gasteiger partial charge in [0.15, 0.2) is 5.16 Å². The highest BCUT2D eigenvalue weighted by Gasteiger charge is 2.08. The van der Waals surface area contributed by atoms with Crippen LogP contribution in [0.15, 0.2) is 34.2 Å². The highest BCUT2D eigenvalue weighted by atomic mass is 32.2. The van der Waals surface area contributed by atoms with Gasteiger partial charge in [-0.05, 0) is 17.7 Å². The summed E-state index contributed by atoms with van der Waals surface area (Å²) in [5.74, 6) is 0.861. The number of aromatic amines is 1. The lowest BCUT2D eigenvalue weighted by molar-refractivity contribution is -0.118. The quantitative estimate of drug-likeness (QED) is 0.760. The number of nitrogens with one attached hydrogen (secondary N) is 2. The average molecular weight is 308 g/mol. The van der Waals surface area contributed by atoms with Gasteiger partial charge in [0.05, 0.1) is 12.9 Å². The number of methoxy groups -OCH3 is 1. The number of aromatic nitrogens is 3. The van der Waals surface area contributed by atoms with E-state index in [-0.39, 0.29) is 17.3 Å². The molecule has 0 radical (unpaired) electrons. The molecule has 2 rings (SSSR count). The molecule has 8 heteroatoms. The van der Waals surface area contributed by atoms with E-state index in [1.807, 2.05) is 24.3 Å². The molecule has 7 nitrogen and oxygen atoms in total. The maximum Gasteiger partial charge on any atom is 0.343 e. The molecule has 1 amide bonds. The molecule has 0 saturated carbocycles. The molecule has 1 heterocycles. The second-order valence-electron chi connectivity index (χ2n) is 4.28. The molecule has 0 aliphatic heterocycles. The molecule has 2 aromatic rings. The topological polar surface area (TPSA) is 89.0 Å². The summed E-state index contributed by atoms with van der Waals surface area (Å²) < 4.78 is 6.43. The van der Waals surface area contributed by atoms with Crippen molar-refractivity contribution in [3.8, 4) is 5.75 Å². The van der Waals surface area contributed by atoms with Crippen LogP contribution in [-0.4, -0.2) is 33.5 Å². The van der Waals surface area contributed by atoms with Gasteiger partial charge >= 0.3 is 5.69 Å². The highest BCUT2D eigenvalue weighted by Crippen LogP contribution is 2.12. The number of rotatable bonds is 6. The van der Waals surface area contributed by atoms with Gasteiger partial charge in [0.25, 0.3) is 0 Å². The van der Waals surface area contributed by atoms with Crippen LogP contribution in [0.2, 0.25) is 0 Å². The van der Waals surface area contributed by atoms with Gasteiger partial charge in [0.1, 0.15) is 5.75 Å². The molecule has 1 aromatic heterocycles. The van der Waals surface area contributed by atoms with E-state index in [1.54, 1.807) is 14.2 Å². The van der Waals surface area contributed by atoms with Crippen molar-refractivity contribution in [3.05, 3.63) is 40.3 Å². The lowest BCUT2D eigenvalue weighted by Crippen LogP contribution is -2.24. The summed E-state index contributed by atoms with van der Waals surface area (Å²) in [6.45, 7) is 0.447. The summed E-state index contributed by atoms with van der Waals surface area (Å²) in [5.41, 5.74) is 0.692. The minimum Gasteiger partial charge on any atom is -0.497 e. The van der Waals surface area contributed by atoms with E-state index in [0.717, 1.165) is 11.3 Å². The number of amides is 1. The molecule has 1 aromatic carbocycles. The Morgan fingerprint density at radius 3 is 2.71 bits per heavy atom. The number of ether oxygens (including phenoxy) is 1. The van der Waals surface area contributed by atoms with Crippen molar-refractivity contribution >= 4 is 17.7 Å². The van der Waals surface area contributed by atoms with E-state index in [9.17, 15) is 9.59 Å². The average Bonchev–Trinajstić information content (AvgIpc) is 2.83. The van der Waals surface area contributed by atoms with Gasteiger partial charge in [-0.1, -0.05) is 23.9 Å². The number of thioether (sulfide) groups is 1. The number of benzene rings is 1. The van der Waals surface area contributed by atoms with Gasteiger partial charge in [-0.3, -0.25) is 9.36 Å². The smallest absolute Gasteiger partial charge is 0.343 e. The second-order valence-corrected chi connectivity index (χ2v) is 5.23. The zero-order chi connectivity index (χ0) is 15.2. The molecule has 0 aliphatic rings. The summed E-state index contributed by atoms with van der Waals surface area (Å²) in [4.78, 5) is 22.9. The van der Waals surface area contributed by atoms with Crippen molar-refractivity contribution in [1.82, 2.24) is 20.1 Å². The van der Waals surface area contributed by atoms with Crippen LogP contribution in [0.5, 0.6) is 5.75 Å². The predicted octanol–water partition coefficient (Wildman–Crippen LogP) is 0.525. The molecule has 0 bridgehead atoms. The van der Waals surface area contributed by atoms with Gasteiger partial charge in [-0.25, -0.2) is 9.89 Å². The van der Waals surface area contributed by atoms with Crippen LogP contribution in [0, 0.1) is 0 Å². The lowest BCUT2D eigenvalue weighted by atomic mass is 10.2. The van der Waals surface area contributed by atoms with E-state index in [2.05, 4.69) is 15.5 Å². The molecular weight excluding hydrogens is 292 g/mol. The zero-order valence-corrected chi connectivity index (χ0v) is 12.6.